The van der Waals surface area contributed by atoms with E-state index in [2.05, 4.69) is 15.7 Å². The highest BCUT2D eigenvalue weighted by atomic mass is 32.1. The van der Waals surface area contributed by atoms with Crippen LogP contribution >= 0.6 is 11.3 Å². The van der Waals surface area contributed by atoms with Crippen molar-refractivity contribution in [1.29, 1.82) is 0 Å². The zero-order valence-corrected chi connectivity index (χ0v) is 17.0. The van der Waals surface area contributed by atoms with Gasteiger partial charge >= 0.3 is 0 Å². The summed E-state index contributed by atoms with van der Waals surface area (Å²) in [5.74, 6) is -0.277. The van der Waals surface area contributed by atoms with Crippen molar-refractivity contribution in [2.45, 2.75) is 20.0 Å². The molecule has 30 heavy (non-hydrogen) atoms. The molecule has 9 heteroatoms. The Morgan fingerprint density at radius 2 is 2.00 bits per heavy atom. The lowest BCUT2D eigenvalue weighted by molar-refractivity contribution is -0.120. The highest BCUT2D eigenvalue weighted by Gasteiger charge is 2.17. The molecule has 0 spiro atoms. The largest absolute Gasteiger partial charge is 0.467 e. The number of aromatic nitrogens is 2. The van der Waals surface area contributed by atoms with Crippen LogP contribution in [-0.2, 0) is 17.9 Å². The second-order valence-electron chi connectivity index (χ2n) is 6.74. The molecule has 3 aromatic heterocycles. The molecule has 0 saturated heterocycles. The van der Waals surface area contributed by atoms with Gasteiger partial charge in [0.05, 0.1) is 36.5 Å². The van der Waals surface area contributed by atoms with Gasteiger partial charge in [-0.2, -0.15) is 5.10 Å². The first-order chi connectivity index (χ1) is 14.5. The van der Waals surface area contributed by atoms with Crippen LogP contribution in [0.5, 0.6) is 0 Å². The summed E-state index contributed by atoms with van der Waals surface area (Å²) in [5, 5.41) is 10.7. The normalized spacial score (nSPS) is 11.0. The van der Waals surface area contributed by atoms with Gasteiger partial charge in [-0.25, -0.2) is 4.39 Å². The number of rotatable bonds is 7. The molecule has 4 rings (SSSR count). The van der Waals surface area contributed by atoms with Gasteiger partial charge in [0.15, 0.2) is 0 Å². The third kappa shape index (κ3) is 4.41. The first-order valence-corrected chi connectivity index (χ1v) is 10.1. The van der Waals surface area contributed by atoms with Gasteiger partial charge < -0.3 is 15.1 Å². The number of fused-ring (bicyclic) bond motifs is 1. The van der Waals surface area contributed by atoms with Crippen molar-refractivity contribution >= 4 is 33.4 Å². The van der Waals surface area contributed by atoms with Gasteiger partial charge in [-0.15, -0.1) is 11.3 Å². The monoisotopic (exact) mass is 426 g/mol. The number of nitrogens with zero attached hydrogens (tertiary/aromatic N) is 2. The highest BCUT2D eigenvalue weighted by molar-refractivity contribution is 7.20. The molecule has 4 aromatic rings. The van der Waals surface area contributed by atoms with Crippen molar-refractivity contribution in [2.75, 3.05) is 6.54 Å². The average Bonchev–Trinajstić information content (AvgIpc) is 3.46. The Morgan fingerprint density at radius 3 is 2.73 bits per heavy atom. The van der Waals surface area contributed by atoms with E-state index in [0.29, 0.717) is 17.2 Å². The number of halogens is 1. The van der Waals surface area contributed by atoms with Crippen LogP contribution < -0.4 is 10.6 Å². The van der Waals surface area contributed by atoms with Crippen molar-refractivity contribution < 1.29 is 18.4 Å². The van der Waals surface area contributed by atoms with Gasteiger partial charge in [0.25, 0.3) is 5.91 Å². The Hall–Kier alpha value is -3.46. The van der Waals surface area contributed by atoms with Crippen LogP contribution in [-0.4, -0.2) is 28.1 Å². The minimum absolute atomic E-state index is 0.130. The van der Waals surface area contributed by atoms with E-state index < -0.39 is 0 Å². The summed E-state index contributed by atoms with van der Waals surface area (Å²) in [6.07, 6.45) is 1.53. The van der Waals surface area contributed by atoms with Crippen LogP contribution in [0.2, 0.25) is 0 Å². The molecule has 1 aromatic carbocycles. The van der Waals surface area contributed by atoms with Crippen LogP contribution in [0.25, 0.3) is 10.2 Å². The van der Waals surface area contributed by atoms with E-state index in [1.807, 2.05) is 6.92 Å². The fraction of sp³-hybridized carbons (Fsp3) is 0.190. The quantitative estimate of drug-likeness (QED) is 0.475. The number of carbonyl (C=O) groups is 2. The molecule has 0 unspecified atom stereocenters. The fourth-order valence-electron chi connectivity index (χ4n) is 3.00. The Balaban J connectivity index is 1.40. The van der Waals surface area contributed by atoms with E-state index in [4.69, 9.17) is 4.42 Å². The predicted molar refractivity (Wildman–Crippen MR) is 111 cm³/mol. The lowest BCUT2D eigenvalue weighted by Gasteiger charge is -2.05. The van der Waals surface area contributed by atoms with Crippen LogP contribution in [0.4, 0.5) is 4.39 Å². The molecule has 0 aliphatic rings. The number of aryl methyl sites for hydroxylation is 1. The number of benzene rings is 1. The van der Waals surface area contributed by atoms with E-state index >= 15 is 0 Å². The van der Waals surface area contributed by atoms with Crippen molar-refractivity contribution in [3.05, 3.63) is 76.4 Å². The smallest absolute Gasteiger partial charge is 0.261 e. The number of amides is 2. The number of nitrogens with one attached hydrogen (secondary N) is 2. The van der Waals surface area contributed by atoms with Crippen molar-refractivity contribution in [3.63, 3.8) is 0 Å². The lowest BCUT2D eigenvalue weighted by atomic mass is 10.2. The average molecular weight is 426 g/mol. The van der Waals surface area contributed by atoms with E-state index in [-0.39, 0.29) is 30.7 Å². The summed E-state index contributed by atoms with van der Waals surface area (Å²) in [5.41, 5.74) is 1.71. The topological polar surface area (TPSA) is 89.2 Å². The number of hydrogen-bond acceptors (Lipinski definition) is 5. The number of hydrogen-bond donors (Lipinski definition) is 2. The van der Waals surface area contributed by atoms with E-state index in [1.165, 1.54) is 29.7 Å². The van der Waals surface area contributed by atoms with Gasteiger partial charge in [-0.05, 0) is 42.8 Å². The maximum absolute atomic E-state index is 13.1. The number of thiophene rings is 1. The maximum atomic E-state index is 13.1. The van der Waals surface area contributed by atoms with Crippen LogP contribution in [0.1, 0.15) is 26.7 Å². The first-order valence-electron chi connectivity index (χ1n) is 9.28. The molecular weight excluding hydrogens is 407 g/mol. The van der Waals surface area contributed by atoms with Crippen molar-refractivity contribution in [2.24, 2.45) is 0 Å². The molecule has 0 aliphatic carbocycles. The molecule has 0 radical (unpaired) electrons. The standard InChI is InChI=1S/C21H19FN4O3S/c1-13-17-9-18(20(28)24-11-19(27)23-10-16-3-2-8-29-16)30-21(17)26(25-13)12-14-4-6-15(22)7-5-14/h2-9H,10-12H2,1H3,(H,23,27)(H,24,28). The molecule has 0 atom stereocenters. The van der Waals surface area contributed by atoms with Crippen molar-refractivity contribution in [1.82, 2.24) is 20.4 Å². The predicted octanol–water partition coefficient (Wildman–Crippen LogP) is 3.23. The molecular formula is C21H19FN4O3S. The molecule has 0 aliphatic heterocycles. The molecule has 0 bridgehead atoms. The minimum atomic E-state index is -0.322. The van der Waals surface area contributed by atoms with Crippen molar-refractivity contribution in [3.8, 4) is 0 Å². The van der Waals surface area contributed by atoms with Gasteiger partial charge in [-0.3, -0.25) is 14.3 Å². The first kappa shape index (κ1) is 19.8. The molecule has 7 nitrogen and oxygen atoms in total. The fourth-order valence-corrected chi connectivity index (χ4v) is 4.08. The molecule has 2 amide bonds. The van der Waals surface area contributed by atoms with Crippen LogP contribution in [0.15, 0.2) is 53.1 Å². The number of furan rings is 1. The third-order valence-corrected chi connectivity index (χ3v) is 5.67. The molecule has 2 N–H and O–H groups in total. The molecule has 0 fully saturated rings. The van der Waals surface area contributed by atoms with Gasteiger partial charge in [-0.1, -0.05) is 12.1 Å². The zero-order chi connectivity index (χ0) is 21.1. The highest BCUT2D eigenvalue weighted by Crippen LogP contribution is 2.28. The van der Waals surface area contributed by atoms with Crippen LogP contribution in [0, 0.1) is 12.7 Å². The third-order valence-electron chi connectivity index (χ3n) is 4.53. The van der Waals surface area contributed by atoms with Gasteiger partial charge in [0.1, 0.15) is 16.4 Å². The Kier molecular flexibility index (Phi) is 5.62. The molecule has 3 heterocycles. The van der Waals surface area contributed by atoms with E-state index in [9.17, 15) is 14.0 Å². The summed E-state index contributed by atoms with van der Waals surface area (Å²) >= 11 is 1.31. The minimum Gasteiger partial charge on any atom is -0.467 e. The number of carbonyl (C=O) groups excluding carboxylic acids is 2. The Bertz CT molecular complexity index is 1180. The summed E-state index contributed by atoms with van der Waals surface area (Å²) in [6.45, 7) is 2.48. The molecule has 0 saturated carbocycles. The summed E-state index contributed by atoms with van der Waals surface area (Å²) < 4.78 is 20.1. The van der Waals surface area contributed by atoms with E-state index in [1.54, 1.807) is 35.0 Å². The summed E-state index contributed by atoms with van der Waals surface area (Å²) in [6, 6.07) is 11.5. The second-order valence-corrected chi connectivity index (χ2v) is 7.77. The second kappa shape index (κ2) is 8.50. The van der Waals surface area contributed by atoms with Crippen LogP contribution in [0.3, 0.4) is 0 Å². The molecule has 154 valence electrons. The summed E-state index contributed by atoms with van der Waals surface area (Å²) in [7, 11) is 0. The summed E-state index contributed by atoms with van der Waals surface area (Å²) in [4.78, 5) is 25.8. The van der Waals surface area contributed by atoms with Gasteiger partial charge in [0, 0.05) is 5.39 Å². The SMILES string of the molecule is Cc1nn(Cc2ccc(F)cc2)c2sc(C(=O)NCC(=O)NCc3ccco3)cc12. The maximum Gasteiger partial charge on any atom is 0.261 e. The Morgan fingerprint density at radius 1 is 1.20 bits per heavy atom. The van der Waals surface area contributed by atoms with Gasteiger partial charge in [0.2, 0.25) is 5.91 Å². The zero-order valence-electron chi connectivity index (χ0n) is 16.1. The van der Waals surface area contributed by atoms with E-state index in [0.717, 1.165) is 21.5 Å². The Labute approximate surface area is 175 Å². The lowest BCUT2D eigenvalue weighted by Crippen LogP contribution is -2.36.